The van der Waals surface area contributed by atoms with Crippen LogP contribution in [-0.4, -0.2) is 40.0 Å². The van der Waals surface area contributed by atoms with E-state index in [4.69, 9.17) is 10.4 Å². The van der Waals surface area contributed by atoms with Gasteiger partial charge in [0, 0.05) is 19.3 Å². The number of hydrogen-bond donors (Lipinski definition) is 1. The van der Waals surface area contributed by atoms with Crippen molar-refractivity contribution < 1.29 is 14.7 Å². The highest BCUT2D eigenvalue weighted by Gasteiger charge is 2.28. The van der Waals surface area contributed by atoms with Gasteiger partial charge in [-0.25, -0.2) is 4.98 Å². The van der Waals surface area contributed by atoms with E-state index in [1.807, 2.05) is 6.07 Å². The minimum Gasteiger partial charge on any atom is -0.481 e. The van der Waals surface area contributed by atoms with Crippen molar-refractivity contribution in [3.8, 4) is 6.07 Å². The molecular formula is C13H13N3O3. The number of nitriles is 1. The fraction of sp³-hybridized carbons (Fsp3) is 0.385. The minimum atomic E-state index is -0.870. The number of aromatic nitrogens is 1. The van der Waals surface area contributed by atoms with E-state index in [1.54, 1.807) is 0 Å². The van der Waals surface area contributed by atoms with E-state index in [1.165, 1.54) is 23.2 Å². The average Bonchev–Trinajstić information content (AvgIpc) is 2.46. The number of carbonyl (C=O) groups excluding carboxylic acids is 1. The molecule has 6 nitrogen and oxygen atoms in total. The zero-order chi connectivity index (χ0) is 13.8. The Morgan fingerprint density at radius 3 is 2.84 bits per heavy atom. The molecule has 1 aromatic rings. The topological polar surface area (TPSA) is 94.3 Å². The number of carbonyl (C=O) groups is 2. The number of carboxylic acid groups (broad SMARTS) is 1. The van der Waals surface area contributed by atoms with Gasteiger partial charge in [0.15, 0.2) is 0 Å². The number of hydrogen-bond acceptors (Lipinski definition) is 4. The number of rotatable bonds is 2. The Morgan fingerprint density at radius 2 is 2.26 bits per heavy atom. The zero-order valence-electron chi connectivity index (χ0n) is 10.2. The van der Waals surface area contributed by atoms with Crippen molar-refractivity contribution in [2.24, 2.45) is 5.92 Å². The first-order valence-electron chi connectivity index (χ1n) is 6.00. The SMILES string of the molecule is N#Cc1ccc(C(=O)N2CCC[C@H](C(=O)O)C2)nc1. The molecule has 1 aliphatic rings. The van der Waals surface area contributed by atoms with E-state index in [2.05, 4.69) is 4.98 Å². The molecule has 1 fully saturated rings. The van der Waals surface area contributed by atoms with Gasteiger partial charge in [-0.15, -0.1) is 0 Å². The second-order valence-corrected chi connectivity index (χ2v) is 4.47. The summed E-state index contributed by atoms with van der Waals surface area (Å²) in [5.74, 6) is -1.66. The standard InChI is InChI=1S/C13H13N3O3/c14-6-9-3-4-11(15-7-9)12(17)16-5-1-2-10(8-16)13(18)19/h3-4,7,10H,1-2,5,8H2,(H,18,19)/t10-/m0/s1. The first-order valence-corrected chi connectivity index (χ1v) is 6.00. The fourth-order valence-electron chi connectivity index (χ4n) is 2.11. The van der Waals surface area contributed by atoms with Crippen molar-refractivity contribution in [2.45, 2.75) is 12.8 Å². The van der Waals surface area contributed by atoms with Crippen LogP contribution in [-0.2, 0) is 4.79 Å². The molecule has 98 valence electrons. The van der Waals surface area contributed by atoms with E-state index in [0.717, 1.165) is 0 Å². The summed E-state index contributed by atoms with van der Waals surface area (Å²) in [6.45, 7) is 0.764. The lowest BCUT2D eigenvalue weighted by molar-refractivity contribution is -0.143. The van der Waals surface area contributed by atoms with E-state index in [0.29, 0.717) is 24.9 Å². The van der Waals surface area contributed by atoms with Crippen LogP contribution < -0.4 is 0 Å². The summed E-state index contributed by atoms with van der Waals surface area (Å²) in [4.78, 5) is 28.6. The molecular weight excluding hydrogens is 246 g/mol. The Bertz CT molecular complexity index is 533. The molecule has 19 heavy (non-hydrogen) atoms. The van der Waals surface area contributed by atoms with Crippen LogP contribution in [0.2, 0.25) is 0 Å². The normalized spacial score (nSPS) is 18.7. The molecule has 0 bridgehead atoms. The Hall–Kier alpha value is -2.42. The quantitative estimate of drug-likeness (QED) is 0.851. The second-order valence-electron chi connectivity index (χ2n) is 4.47. The molecule has 1 saturated heterocycles. The number of carboxylic acids is 1. The predicted molar refractivity (Wildman–Crippen MR) is 65.2 cm³/mol. The molecule has 0 saturated carbocycles. The van der Waals surface area contributed by atoms with Crippen LogP contribution in [0.4, 0.5) is 0 Å². The van der Waals surface area contributed by atoms with Gasteiger partial charge in [0.2, 0.25) is 0 Å². The first-order chi connectivity index (χ1) is 9.11. The van der Waals surface area contributed by atoms with Crippen molar-refractivity contribution in [3.05, 3.63) is 29.6 Å². The number of aliphatic carboxylic acids is 1. The minimum absolute atomic E-state index is 0.218. The number of piperidine rings is 1. The van der Waals surface area contributed by atoms with Gasteiger partial charge in [-0.3, -0.25) is 9.59 Å². The zero-order valence-corrected chi connectivity index (χ0v) is 10.2. The van der Waals surface area contributed by atoms with Gasteiger partial charge in [-0.05, 0) is 25.0 Å². The highest BCUT2D eigenvalue weighted by atomic mass is 16.4. The molecule has 2 heterocycles. The maximum absolute atomic E-state index is 12.2. The molecule has 0 aromatic carbocycles. The molecule has 0 radical (unpaired) electrons. The summed E-state index contributed by atoms with van der Waals surface area (Å²) in [5.41, 5.74) is 0.628. The third-order valence-corrected chi connectivity index (χ3v) is 3.17. The van der Waals surface area contributed by atoms with Crippen molar-refractivity contribution in [2.75, 3.05) is 13.1 Å². The van der Waals surface area contributed by atoms with Crippen molar-refractivity contribution in [1.29, 1.82) is 5.26 Å². The molecule has 0 unspecified atom stereocenters. The van der Waals surface area contributed by atoms with Crippen LogP contribution in [0.15, 0.2) is 18.3 Å². The molecule has 0 spiro atoms. The summed E-state index contributed by atoms with van der Waals surface area (Å²) in [5, 5.41) is 17.6. The molecule has 0 aliphatic carbocycles. The Morgan fingerprint density at radius 1 is 1.47 bits per heavy atom. The summed E-state index contributed by atoms with van der Waals surface area (Å²) in [6, 6.07) is 4.95. The number of nitrogens with zero attached hydrogens (tertiary/aromatic N) is 3. The van der Waals surface area contributed by atoms with E-state index < -0.39 is 11.9 Å². The largest absolute Gasteiger partial charge is 0.481 e. The Labute approximate surface area is 110 Å². The third kappa shape index (κ3) is 2.88. The van der Waals surface area contributed by atoms with Gasteiger partial charge in [0.05, 0.1) is 11.5 Å². The maximum Gasteiger partial charge on any atom is 0.308 e. The van der Waals surface area contributed by atoms with Gasteiger partial charge < -0.3 is 10.0 Å². The average molecular weight is 259 g/mol. The van der Waals surface area contributed by atoms with Crippen LogP contribution in [0.1, 0.15) is 28.9 Å². The fourth-order valence-corrected chi connectivity index (χ4v) is 2.11. The Balaban J connectivity index is 2.10. The molecule has 1 atom stereocenters. The summed E-state index contributed by atoms with van der Waals surface area (Å²) >= 11 is 0. The molecule has 1 amide bonds. The van der Waals surface area contributed by atoms with Gasteiger partial charge in [0.1, 0.15) is 11.8 Å². The maximum atomic E-state index is 12.2. The highest BCUT2D eigenvalue weighted by molar-refractivity contribution is 5.92. The van der Waals surface area contributed by atoms with Gasteiger partial charge in [0.25, 0.3) is 5.91 Å². The smallest absolute Gasteiger partial charge is 0.308 e. The summed E-state index contributed by atoms with van der Waals surface area (Å²) < 4.78 is 0. The number of pyridine rings is 1. The molecule has 1 aromatic heterocycles. The number of likely N-dealkylation sites (tertiary alicyclic amines) is 1. The second kappa shape index (κ2) is 5.48. The van der Waals surface area contributed by atoms with Crippen molar-refractivity contribution in [1.82, 2.24) is 9.88 Å². The third-order valence-electron chi connectivity index (χ3n) is 3.17. The summed E-state index contributed by atoms with van der Waals surface area (Å²) in [6.07, 6.45) is 2.62. The van der Waals surface area contributed by atoms with Crippen LogP contribution >= 0.6 is 0 Å². The van der Waals surface area contributed by atoms with Crippen LogP contribution in [0, 0.1) is 17.2 Å². The van der Waals surface area contributed by atoms with E-state index in [-0.39, 0.29) is 18.1 Å². The van der Waals surface area contributed by atoms with E-state index in [9.17, 15) is 9.59 Å². The molecule has 1 N–H and O–H groups in total. The lowest BCUT2D eigenvalue weighted by atomic mass is 9.98. The van der Waals surface area contributed by atoms with Gasteiger partial charge in [-0.2, -0.15) is 5.26 Å². The van der Waals surface area contributed by atoms with Crippen molar-refractivity contribution in [3.63, 3.8) is 0 Å². The Kier molecular flexibility index (Phi) is 3.76. The molecule has 2 rings (SSSR count). The predicted octanol–water partition coefficient (Wildman–Crippen LogP) is 0.890. The van der Waals surface area contributed by atoms with Gasteiger partial charge in [-0.1, -0.05) is 0 Å². The van der Waals surface area contributed by atoms with Crippen LogP contribution in [0.3, 0.4) is 0 Å². The van der Waals surface area contributed by atoms with Crippen molar-refractivity contribution >= 4 is 11.9 Å². The van der Waals surface area contributed by atoms with Gasteiger partial charge >= 0.3 is 5.97 Å². The number of amides is 1. The highest BCUT2D eigenvalue weighted by Crippen LogP contribution is 2.18. The monoisotopic (exact) mass is 259 g/mol. The van der Waals surface area contributed by atoms with E-state index >= 15 is 0 Å². The molecule has 6 heteroatoms. The van der Waals surface area contributed by atoms with Crippen LogP contribution in [0.5, 0.6) is 0 Å². The first kappa shape index (κ1) is 13.0. The summed E-state index contributed by atoms with van der Waals surface area (Å²) in [7, 11) is 0. The lowest BCUT2D eigenvalue weighted by Gasteiger charge is -2.30. The van der Waals surface area contributed by atoms with Crippen LogP contribution in [0.25, 0.3) is 0 Å². The lowest BCUT2D eigenvalue weighted by Crippen LogP contribution is -2.42. The molecule has 1 aliphatic heterocycles.